The van der Waals surface area contributed by atoms with Gasteiger partial charge < -0.3 is 10.2 Å². The van der Waals surface area contributed by atoms with Crippen molar-refractivity contribution in [1.29, 1.82) is 0 Å². The highest BCUT2D eigenvalue weighted by atomic mass is 35.5. The summed E-state index contributed by atoms with van der Waals surface area (Å²) in [5.74, 6) is -1.42. The number of aromatic carboxylic acids is 1. The van der Waals surface area contributed by atoms with Crippen molar-refractivity contribution in [3.8, 4) is 5.75 Å². The summed E-state index contributed by atoms with van der Waals surface area (Å²) >= 11 is 5.96. The quantitative estimate of drug-likeness (QED) is 0.655. The first-order chi connectivity index (χ1) is 13.8. The van der Waals surface area contributed by atoms with Gasteiger partial charge in [0, 0.05) is 36.0 Å². The Hall–Kier alpha value is -2.63. The summed E-state index contributed by atoms with van der Waals surface area (Å²) in [5.41, 5.74) is 4.12. The number of halogens is 1. The number of carboxylic acids is 1. The SMILES string of the molecule is CC(C)N1CCc2ccc3c(C(=O)O)c(O)c(Cc4ccc(Cl)cc4)nc3c2C1. The molecular weight excluding hydrogens is 388 g/mol. The van der Waals surface area contributed by atoms with Crippen LogP contribution in [0.1, 0.15) is 46.6 Å². The van der Waals surface area contributed by atoms with Gasteiger partial charge in [0.25, 0.3) is 0 Å². The molecule has 0 saturated carbocycles. The van der Waals surface area contributed by atoms with Crippen LogP contribution in [0, 0.1) is 0 Å². The first-order valence-electron chi connectivity index (χ1n) is 9.73. The summed E-state index contributed by atoms with van der Waals surface area (Å²) in [6.07, 6.45) is 1.23. The van der Waals surface area contributed by atoms with Crippen LogP contribution in [0.15, 0.2) is 36.4 Å². The average Bonchev–Trinajstić information content (AvgIpc) is 2.69. The lowest BCUT2D eigenvalue weighted by atomic mass is 9.93. The van der Waals surface area contributed by atoms with Gasteiger partial charge in [-0.05, 0) is 49.1 Å². The maximum absolute atomic E-state index is 12.0. The van der Waals surface area contributed by atoms with Crippen LogP contribution in [-0.2, 0) is 19.4 Å². The normalized spacial score (nSPS) is 14.3. The number of carboxylic acid groups (broad SMARTS) is 1. The van der Waals surface area contributed by atoms with Crippen LogP contribution in [0.25, 0.3) is 10.9 Å². The van der Waals surface area contributed by atoms with Gasteiger partial charge in [-0.25, -0.2) is 9.78 Å². The van der Waals surface area contributed by atoms with Gasteiger partial charge >= 0.3 is 5.97 Å². The van der Waals surface area contributed by atoms with Crippen molar-refractivity contribution in [2.75, 3.05) is 6.54 Å². The van der Waals surface area contributed by atoms with Crippen molar-refractivity contribution in [1.82, 2.24) is 9.88 Å². The van der Waals surface area contributed by atoms with Crippen LogP contribution < -0.4 is 0 Å². The van der Waals surface area contributed by atoms with Gasteiger partial charge in [0.2, 0.25) is 0 Å². The maximum atomic E-state index is 12.0. The second-order valence-electron chi connectivity index (χ2n) is 7.80. The number of rotatable bonds is 4. The van der Waals surface area contributed by atoms with E-state index >= 15 is 0 Å². The summed E-state index contributed by atoms with van der Waals surface area (Å²) in [6, 6.07) is 11.4. The molecule has 0 fully saturated rings. The Bertz CT molecular complexity index is 1090. The molecule has 0 atom stereocenters. The van der Waals surface area contributed by atoms with Crippen molar-refractivity contribution in [3.63, 3.8) is 0 Å². The Morgan fingerprint density at radius 2 is 1.93 bits per heavy atom. The van der Waals surface area contributed by atoms with Crippen LogP contribution in [0.4, 0.5) is 0 Å². The number of nitrogens with zero attached hydrogens (tertiary/aromatic N) is 2. The van der Waals surface area contributed by atoms with Crippen molar-refractivity contribution in [2.45, 2.75) is 39.3 Å². The van der Waals surface area contributed by atoms with Crippen molar-refractivity contribution in [2.24, 2.45) is 0 Å². The minimum atomic E-state index is -1.15. The Morgan fingerprint density at radius 1 is 1.21 bits per heavy atom. The molecule has 150 valence electrons. The predicted molar refractivity (Wildman–Crippen MR) is 114 cm³/mol. The number of hydrogen-bond donors (Lipinski definition) is 2. The van der Waals surface area contributed by atoms with Crippen LogP contribution in [-0.4, -0.2) is 38.7 Å². The third kappa shape index (κ3) is 3.68. The van der Waals surface area contributed by atoms with Crippen molar-refractivity contribution >= 4 is 28.5 Å². The molecule has 1 aromatic heterocycles. The molecular formula is C23H23ClN2O3. The molecule has 29 heavy (non-hydrogen) atoms. The number of fused-ring (bicyclic) bond motifs is 3. The Kier molecular flexibility index (Phi) is 5.19. The molecule has 0 unspecified atom stereocenters. The van der Waals surface area contributed by atoms with Gasteiger partial charge in [-0.15, -0.1) is 0 Å². The fourth-order valence-electron chi connectivity index (χ4n) is 4.00. The number of benzene rings is 2. The Balaban J connectivity index is 1.90. The fourth-order valence-corrected chi connectivity index (χ4v) is 4.13. The number of carbonyl (C=O) groups is 1. The lowest BCUT2D eigenvalue weighted by Crippen LogP contribution is -2.36. The summed E-state index contributed by atoms with van der Waals surface area (Å²) < 4.78 is 0. The molecule has 0 bridgehead atoms. The molecule has 2 aromatic carbocycles. The van der Waals surface area contributed by atoms with Crippen molar-refractivity contribution in [3.05, 3.63) is 69.4 Å². The summed E-state index contributed by atoms with van der Waals surface area (Å²) in [4.78, 5) is 19.1. The molecule has 1 aliphatic heterocycles. The number of aromatic nitrogens is 1. The largest absolute Gasteiger partial charge is 0.505 e. The molecule has 0 radical (unpaired) electrons. The lowest BCUT2D eigenvalue weighted by Gasteiger charge is -2.32. The minimum Gasteiger partial charge on any atom is -0.505 e. The summed E-state index contributed by atoms with van der Waals surface area (Å²) in [7, 11) is 0. The minimum absolute atomic E-state index is 0.0802. The standard InChI is InChI=1S/C23H23ClN2O3/c1-13(2)26-10-9-15-5-8-17-20(23(28)29)22(27)19(25-21(17)18(15)12-26)11-14-3-6-16(24)7-4-14/h3-8,13,27H,9-12H2,1-2H3,(H,28,29). The van der Waals surface area contributed by atoms with Gasteiger partial charge in [-0.3, -0.25) is 4.90 Å². The van der Waals surface area contributed by atoms with Gasteiger partial charge in [0.05, 0.1) is 11.2 Å². The highest BCUT2D eigenvalue weighted by Crippen LogP contribution is 2.35. The van der Waals surface area contributed by atoms with E-state index in [0.717, 1.165) is 30.6 Å². The van der Waals surface area contributed by atoms with E-state index in [4.69, 9.17) is 16.6 Å². The average molecular weight is 411 g/mol. The van der Waals surface area contributed by atoms with Gasteiger partial charge in [0.1, 0.15) is 5.56 Å². The molecule has 0 saturated heterocycles. The van der Waals surface area contributed by atoms with E-state index in [-0.39, 0.29) is 11.3 Å². The van der Waals surface area contributed by atoms with E-state index in [1.54, 1.807) is 18.2 Å². The molecule has 1 aliphatic rings. The zero-order valence-corrected chi connectivity index (χ0v) is 17.2. The summed E-state index contributed by atoms with van der Waals surface area (Å²) in [5, 5.41) is 21.7. The van der Waals surface area contributed by atoms with Gasteiger partial charge in [-0.2, -0.15) is 0 Å². The van der Waals surface area contributed by atoms with Crippen LogP contribution in [0.3, 0.4) is 0 Å². The molecule has 0 aliphatic carbocycles. The highest BCUT2D eigenvalue weighted by Gasteiger charge is 2.26. The molecule has 2 heterocycles. The zero-order valence-electron chi connectivity index (χ0n) is 16.4. The molecule has 2 N–H and O–H groups in total. The van der Waals surface area contributed by atoms with E-state index in [2.05, 4.69) is 18.7 Å². The van der Waals surface area contributed by atoms with E-state index in [9.17, 15) is 15.0 Å². The first kappa shape index (κ1) is 19.7. The zero-order chi connectivity index (χ0) is 20.7. The van der Waals surface area contributed by atoms with E-state index in [1.165, 1.54) is 5.56 Å². The molecule has 0 spiro atoms. The monoisotopic (exact) mass is 410 g/mol. The molecule has 0 amide bonds. The molecule has 5 nitrogen and oxygen atoms in total. The summed E-state index contributed by atoms with van der Waals surface area (Å²) in [6.45, 7) is 6.01. The number of pyridine rings is 1. The van der Waals surface area contributed by atoms with E-state index in [0.29, 0.717) is 34.1 Å². The highest BCUT2D eigenvalue weighted by molar-refractivity contribution is 6.30. The molecule has 3 aromatic rings. The van der Waals surface area contributed by atoms with Crippen LogP contribution in [0.2, 0.25) is 5.02 Å². The predicted octanol–water partition coefficient (Wildman–Crippen LogP) is 4.65. The topological polar surface area (TPSA) is 73.7 Å². The Morgan fingerprint density at radius 3 is 2.59 bits per heavy atom. The smallest absolute Gasteiger partial charge is 0.340 e. The molecule has 4 rings (SSSR count). The lowest BCUT2D eigenvalue weighted by molar-refractivity contribution is 0.0695. The van der Waals surface area contributed by atoms with Gasteiger partial charge in [0.15, 0.2) is 5.75 Å². The Labute approximate surface area is 174 Å². The second-order valence-corrected chi connectivity index (χ2v) is 8.24. The third-order valence-electron chi connectivity index (χ3n) is 5.66. The van der Waals surface area contributed by atoms with E-state index < -0.39 is 5.97 Å². The molecule has 6 heteroatoms. The van der Waals surface area contributed by atoms with E-state index in [1.807, 2.05) is 18.2 Å². The van der Waals surface area contributed by atoms with Crippen LogP contribution >= 0.6 is 11.6 Å². The number of aromatic hydroxyl groups is 1. The fraction of sp³-hybridized carbons (Fsp3) is 0.304. The maximum Gasteiger partial charge on any atom is 0.340 e. The van der Waals surface area contributed by atoms with Gasteiger partial charge in [-0.1, -0.05) is 35.9 Å². The van der Waals surface area contributed by atoms with Crippen molar-refractivity contribution < 1.29 is 15.0 Å². The van der Waals surface area contributed by atoms with Crippen LogP contribution in [0.5, 0.6) is 5.75 Å². The first-order valence-corrected chi connectivity index (χ1v) is 10.1. The second kappa shape index (κ2) is 7.65. The third-order valence-corrected chi connectivity index (χ3v) is 5.92. The number of hydrogen-bond acceptors (Lipinski definition) is 4.